The van der Waals surface area contributed by atoms with Crippen molar-refractivity contribution in [2.45, 2.75) is 58.0 Å². The van der Waals surface area contributed by atoms with Gasteiger partial charge in [-0.2, -0.15) is 0 Å². The Bertz CT molecular complexity index is 936. The number of phosphoric ester groups is 1. The minimum Gasteiger partial charge on any atom is -0.444 e. The van der Waals surface area contributed by atoms with Crippen LogP contribution in [0.5, 0.6) is 0 Å². The molecule has 7 nitrogen and oxygen atoms in total. The van der Waals surface area contributed by atoms with Gasteiger partial charge in [0.25, 0.3) is 5.92 Å². The van der Waals surface area contributed by atoms with Gasteiger partial charge in [0.1, 0.15) is 5.60 Å². The number of hydrogen-bond acceptors (Lipinski definition) is 6. The van der Waals surface area contributed by atoms with Crippen LogP contribution in [0.4, 0.5) is 13.6 Å². The van der Waals surface area contributed by atoms with Crippen LogP contribution in [0.3, 0.4) is 0 Å². The van der Waals surface area contributed by atoms with Crippen molar-refractivity contribution in [3.05, 3.63) is 71.8 Å². The first kappa shape index (κ1) is 26.3. The van der Waals surface area contributed by atoms with Crippen molar-refractivity contribution < 1.29 is 36.4 Å². The van der Waals surface area contributed by atoms with Crippen LogP contribution in [0.2, 0.25) is 0 Å². The molecule has 0 aromatic heterocycles. The molecule has 1 heterocycles. The number of likely N-dealkylation sites (tertiary alicyclic amines) is 1. The molecule has 1 aliphatic heterocycles. The van der Waals surface area contributed by atoms with Crippen molar-refractivity contribution in [3.63, 3.8) is 0 Å². The van der Waals surface area contributed by atoms with Gasteiger partial charge in [-0.15, -0.1) is 0 Å². The Morgan fingerprint density at radius 3 is 1.94 bits per heavy atom. The van der Waals surface area contributed by atoms with Crippen LogP contribution in [-0.4, -0.2) is 41.7 Å². The summed E-state index contributed by atoms with van der Waals surface area (Å²) in [4.78, 5) is 13.4. The van der Waals surface area contributed by atoms with Crippen molar-refractivity contribution >= 4 is 13.9 Å². The van der Waals surface area contributed by atoms with Crippen LogP contribution in [0.25, 0.3) is 0 Å². The van der Waals surface area contributed by atoms with Gasteiger partial charge in [-0.3, -0.25) is 18.5 Å². The Morgan fingerprint density at radius 1 is 0.971 bits per heavy atom. The van der Waals surface area contributed by atoms with E-state index in [1.807, 2.05) is 12.1 Å². The van der Waals surface area contributed by atoms with Crippen LogP contribution < -0.4 is 0 Å². The van der Waals surface area contributed by atoms with Crippen molar-refractivity contribution in [1.29, 1.82) is 0 Å². The predicted octanol–water partition coefficient (Wildman–Crippen LogP) is 6.19. The van der Waals surface area contributed by atoms with E-state index in [1.165, 1.54) is 0 Å². The van der Waals surface area contributed by atoms with E-state index in [0.717, 1.165) is 16.0 Å². The molecule has 2 aromatic carbocycles. The molecule has 0 bridgehead atoms. The van der Waals surface area contributed by atoms with Crippen molar-refractivity contribution in [3.8, 4) is 0 Å². The van der Waals surface area contributed by atoms with Crippen LogP contribution in [0.15, 0.2) is 60.7 Å². The largest absolute Gasteiger partial charge is 0.475 e. The van der Waals surface area contributed by atoms with Crippen LogP contribution >= 0.6 is 7.82 Å². The number of phosphoric acid groups is 1. The number of nitrogens with zero attached hydrogens (tertiary/aromatic N) is 1. The molecule has 1 fully saturated rings. The molecule has 0 aliphatic carbocycles. The topological polar surface area (TPSA) is 74.3 Å². The first-order chi connectivity index (χ1) is 15.9. The molecule has 34 heavy (non-hydrogen) atoms. The molecule has 1 saturated heterocycles. The summed E-state index contributed by atoms with van der Waals surface area (Å²) in [7, 11) is -4.17. The smallest absolute Gasteiger partial charge is 0.444 e. The molecule has 2 aromatic rings. The van der Waals surface area contributed by atoms with E-state index in [0.29, 0.717) is 0 Å². The third-order valence-electron chi connectivity index (χ3n) is 4.89. The minimum absolute atomic E-state index is 0.0660. The second kappa shape index (κ2) is 11.0. The van der Waals surface area contributed by atoms with Crippen LogP contribution in [-0.2, 0) is 36.1 Å². The van der Waals surface area contributed by atoms with E-state index in [9.17, 15) is 18.1 Å². The van der Waals surface area contributed by atoms with Gasteiger partial charge >= 0.3 is 13.9 Å². The Kier molecular flexibility index (Phi) is 8.47. The number of carbonyl (C=O) groups is 1. The monoisotopic (exact) mass is 497 g/mol. The lowest BCUT2D eigenvalue weighted by Gasteiger charge is -2.28. The first-order valence-electron chi connectivity index (χ1n) is 10.9. The Labute approximate surface area is 198 Å². The second-order valence-corrected chi connectivity index (χ2v) is 10.8. The van der Waals surface area contributed by atoms with Gasteiger partial charge in [0.05, 0.1) is 32.4 Å². The van der Waals surface area contributed by atoms with Gasteiger partial charge in [0.2, 0.25) is 0 Å². The molecular weight excluding hydrogens is 467 g/mol. The first-order valence-corrected chi connectivity index (χ1v) is 12.4. The molecule has 10 heteroatoms. The number of carbonyl (C=O) groups excluding carboxylic acids is 1. The summed E-state index contributed by atoms with van der Waals surface area (Å²) >= 11 is 0. The third-order valence-corrected chi connectivity index (χ3v) is 6.25. The zero-order chi connectivity index (χ0) is 24.8. The standard InChI is InChI=1S/C24H30F2NO6P/c1-23(2,3)33-22(28)27-18-24(25,26)14-21(27)17-32-34(29,30-15-19-10-6-4-7-11-19)31-16-20-12-8-5-9-13-20/h4-13,21H,14-18H2,1-3H3/t21-/m0/s1. The molecular formula is C24H30F2NO6P. The van der Waals surface area contributed by atoms with Crippen LogP contribution in [0, 0.1) is 0 Å². The van der Waals surface area contributed by atoms with Crippen molar-refractivity contribution in [2.24, 2.45) is 0 Å². The number of rotatable bonds is 9. The van der Waals surface area contributed by atoms with Gasteiger partial charge < -0.3 is 4.74 Å². The lowest BCUT2D eigenvalue weighted by atomic mass is 10.2. The average Bonchev–Trinajstić information content (AvgIpc) is 3.10. The van der Waals surface area contributed by atoms with Crippen LogP contribution in [0.1, 0.15) is 38.3 Å². The molecule has 3 rings (SSSR count). The number of hydrogen-bond donors (Lipinski definition) is 0. The maximum absolute atomic E-state index is 14.2. The molecule has 0 unspecified atom stereocenters. The molecule has 0 N–H and O–H groups in total. The average molecular weight is 497 g/mol. The van der Waals surface area contributed by atoms with E-state index >= 15 is 0 Å². The van der Waals surface area contributed by atoms with Gasteiger partial charge in [-0.1, -0.05) is 60.7 Å². The maximum Gasteiger partial charge on any atom is 0.475 e. The normalized spacial score (nSPS) is 18.1. The molecule has 1 atom stereocenters. The highest BCUT2D eigenvalue weighted by Gasteiger charge is 2.49. The number of halogens is 2. The molecule has 0 saturated carbocycles. The molecule has 0 radical (unpaired) electrons. The Hall–Kier alpha value is -2.32. The SMILES string of the molecule is CC(C)(C)OC(=O)N1CC(F)(F)C[C@H]1COP(=O)(OCc1ccccc1)OCc1ccccc1. The summed E-state index contributed by atoms with van der Waals surface area (Å²) in [6.45, 7) is 3.54. The highest BCUT2D eigenvalue weighted by molar-refractivity contribution is 7.48. The third kappa shape index (κ3) is 8.17. The fraction of sp³-hybridized carbons (Fsp3) is 0.458. The Balaban J connectivity index is 1.70. The molecule has 0 spiro atoms. The quantitative estimate of drug-likeness (QED) is 0.385. The fourth-order valence-corrected chi connectivity index (χ4v) is 4.52. The van der Waals surface area contributed by atoms with Crippen molar-refractivity contribution in [2.75, 3.05) is 13.2 Å². The Morgan fingerprint density at radius 2 is 1.47 bits per heavy atom. The summed E-state index contributed by atoms with van der Waals surface area (Å²) in [5, 5.41) is 0. The molecule has 1 aliphatic rings. The van der Waals surface area contributed by atoms with E-state index in [-0.39, 0.29) is 13.2 Å². The fourth-order valence-electron chi connectivity index (χ4n) is 3.33. The zero-order valence-electron chi connectivity index (χ0n) is 19.5. The summed E-state index contributed by atoms with van der Waals surface area (Å²) in [5.74, 6) is -3.12. The number of ether oxygens (including phenoxy) is 1. The van der Waals surface area contributed by atoms with Gasteiger partial charge in [-0.05, 0) is 31.9 Å². The van der Waals surface area contributed by atoms with E-state index in [4.69, 9.17) is 18.3 Å². The van der Waals surface area contributed by atoms with Crippen molar-refractivity contribution in [1.82, 2.24) is 4.90 Å². The van der Waals surface area contributed by atoms with E-state index < -0.39 is 51.1 Å². The second-order valence-electron chi connectivity index (χ2n) is 9.08. The summed E-state index contributed by atoms with van der Waals surface area (Å²) in [6, 6.07) is 16.9. The zero-order valence-corrected chi connectivity index (χ0v) is 20.4. The highest BCUT2D eigenvalue weighted by atomic mass is 31.2. The number of benzene rings is 2. The van der Waals surface area contributed by atoms with Gasteiger partial charge in [0.15, 0.2) is 0 Å². The lowest BCUT2D eigenvalue weighted by molar-refractivity contribution is -0.00302. The predicted molar refractivity (Wildman–Crippen MR) is 122 cm³/mol. The lowest BCUT2D eigenvalue weighted by Crippen LogP contribution is -2.42. The maximum atomic E-state index is 14.2. The highest BCUT2D eigenvalue weighted by Crippen LogP contribution is 2.51. The van der Waals surface area contributed by atoms with Gasteiger partial charge in [0, 0.05) is 6.42 Å². The molecule has 186 valence electrons. The summed E-state index contributed by atoms with van der Waals surface area (Å²) in [6.07, 6.45) is -1.53. The van der Waals surface area contributed by atoms with E-state index in [1.54, 1.807) is 69.3 Å². The van der Waals surface area contributed by atoms with Gasteiger partial charge in [-0.25, -0.2) is 18.1 Å². The number of amides is 1. The van der Waals surface area contributed by atoms with E-state index in [2.05, 4.69) is 0 Å². The number of alkyl halides is 2. The molecule has 1 amide bonds. The minimum atomic E-state index is -4.17. The summed E-state index contributed by atoms with van der Waals surface area (Å²) < 4.78 is 63.5. The summed E-state index contributed by atoms with van der Waals surface area (Å²) in [5.41, 5.74) is 0.614.